The van der Waals surface area contributed by atoms with Crippen LogP contribution in [0.1, 0.15) is 33.6 Å². The number of nitrogens with zero attached hydrogens (tertiary/aromatic N) is 3. The molecule has 0 aliphatic carbocycles. The van der Waals surface area contributed by atoms with Crippen molar-refractivity contribution in [3.63, 3.8) is 0 Å². The quantitative estimate of drug-likeness (QED) is 0.368. The summed E-state index contributed by atoms with van der Waals surface area (Å²) in [6.07, 6.45) is 5.77. The Morgan fingerprint density at radius 1 is 1.38 bits per heavy atom. The molecule has 6 heteroatoms. The van der Waals surface area contributed by atoms with E-state index in [1.807, 2.05) is 12.1 Å². The van der Waals surface area contributed by atoms with Crippen molar-refractivity contribution < 1.29 is 4.74 Å². The van der Waals surface area contributed by atoms with Gasteiger partial charge in [0.15, 0.2) is 5.96 Å². The monoisotopic (exact) mass is 335 g/mol. The third kappa shape index (κ3) is 8.72. The van der Waals surface area contributed by atoms with Crippen molar-refractivity contribution in [1.29, 1.82) is 0 Å². The first-order chi connectivity index (χ1) is 11.7. The molecule has 0 aromatic carbocycles. The van der Waals surface area contributed by atoms with Gasteiger partial charge in [-0.05, 0) is 51.5 Å². The van der Waals surface area contributed by atoms with E-state index in [1.165, 1.54) is 6.42 Å². The molecule has 0 saturated carbocycles. The maximum atomic E-state index is 5.61. The van der Waals surface area contributed by atoms with E-state index in [9.17, 15) is 0 Å². The standard InChI is InChI=1S/C18H33N5O/c1-5-23(6-2)13-8-9-16(3)22-18(19-4)21-12-14-24-17-10-7-11-20-15-17/h7,10-11,15-16H,5-6,8-9,12-14H2,1-4H3,(H2,19,21,22). The molecule has 0 amide bonds. The van der Waals surface area contributed by atoms with Crippen LogP contribution in [0.5, 0.6) is 5.75 Å². The van der Waals surface area contributed by atoms with Gasteiger partial charge < -0.3 is 20.3 Å². The number of hydrogen-bond donors (Lipinski definition) is 2. The largest absolute Gasteiger partial charge is 0.490 e. The Kier molecular flexibility index (Phi) is 10.6. The summed E-state index contributed by atoms with van der Waals surface area (Å²) in [5.74, 6) is 1.60. The van der Waals surface area contributed by atoms with Gasteiger partial charge in [0.2, 0.25) is 0 Å². The zero-order valence-corrected chi connectivity index (χ0v) is 15.6. The van der Waals surface area contributed by atoms with Gasteiger partial charge in [0, 0.05) is 19.3 Å². The Hall–Kier alpha value is -1.82. The van der Waals surface area contributed by atoms with Crippen LogP contribution in [0.2, 0.25) is 0 Å². The predicted molar refractivity (Wildman–Crippen MR) is 101 cm³/mol. The number of pyridine rings is 1. The Balaban J connectivity index is 2.17. The fourth-order valence-electron chi connectivity index (χ4n) is 2.43. The van der Waals surface area contributed by atoms with Crippen molar-refractivity contribution in [1.82, 2.24) is 20.5 Å². The Morgan fingerprint density at radius 3 is 2.79 bits per heavy atom. The molecule has 1 unspecified atom stereocenters. The summed E-state index contributed by atoms with van der Waals surface area (Å²) >= 11 is 0. The first-order valence-electron chi connectivity index (χ1n) is 8.91. The Bertz CT molecular complexity index is 448. The lowest BCUT2D eigenvalue weighted by Gasteiger charge is -2.21. The van der Waals surface area contributed by atoms with Gasteiger partial charge in [-0.2, -0.15) is 0 Å². The molecule has 6 nitrogen and oxygen atoms in total. The van der Waals surface area contributed by atoms with E-state index in [4.69, 9.17) is 4.74 Å². The molecule has 0 aliphatic rings. The van der Waals surface area contributed by atoms with E-state index in [-0.39, 0.29) is 0 Å². The molecule has 0 aliphatic heterocycles. The Labute approximate surface area is 146 Å². The molecule has 0 fully saturated rings. The fourth-order valence-corrected chi connectivity index (χ4v) is 2.43. The average Bonchev–Trinajstić information content (AvgIpc) is 2.62. The minimum absolute atomic E-state index is 0.394. The van der Waals surface area contributed by atoms with Crippen molar-refractivity contribution in [2.24, 2.45) is 4.99 Å². The summed E-state index contributed by atoms with van der Waals surface area (Å²) in [4.78, 5) is 10.7. The minimum Gasteiger partial charge on any atom is -0.490 e. The van der Waals surface area contributed by atoms with E-state index < -0.39 is 0 Å². The van der Waals surface area contributed by atoms with Crippen LogP contribution >= 0.6 is 0 Å². The second-order valence-corrected chi connectivity index (χ2v) is 5.75. The lowest BCUT2D eigenvalue weighted by Crippen LogP contribution is -2.43. The highest BCUT2D eigenvalue weighted by molar-refractivity contribution is 5.79. The van der Waals surface area contributed by atoms with Gasteiger partial charge >= 0.3 is 0 Å². The van der Waals surface area contributed by atoms with Crippen LogP contribution in [0, 0.1) is 0 Å². The Morgan fingerprint density at radius 2 is 2.17 bits per heavy atom. The molecule has 24 heavy (non-hydrogen) atoms. The number of guanidine groups is 1. The van der Waals surface area contributed by atoms with E-state index in [0.717, 1.165) is 37.8 Å². The molecule has 1 atom stereocenters. The van der Waals surface area contributed by atoms with E-state index >= 15 is 0 Å². The zero-order chi connectivity index (χ0) is 17.6. The van der Waals surface area contributed by atoms with Gasteiger partial charge in [-0.15, -0.1) is 0 Å². The van der Waals surface area contributed by atoms with Crippen LogP contribution < -0.4 is 15.4 Å². The predicted octanol–water partition coefficient (Wildman–Crippen LogP) is 2.14. The lowest BCUT2D eigenvalue weighted by molar-refractivity contribution is 0.292. The number of nitrogens with one attached hydrogen (secondary N) is 2. The zero-order valence-electron chi connectivity index (χ0n) is 15.6. The van der Waals surface area contributed by atoms with Gasteiger partial charge in [0.1, 0.15) is 12.4 Å². The van der Waals surface area contributed by atoms with E-state index in [1.54, 1.807) is 19.4 Å². The summed E-state index contributed by atoms with van der Waals surface area (Å²) in [7, 11) is 1.79. The first kappa shape index (κ1) is 20.2. The number of hydrogen-bond acceptors (Lipinski definition) is 4. The van der Waals surface area contributed by atoms with E-state index in [2.05, 4.69) is 46.3 Å². The van der Waals surface area contributed by atoms with E-state index in [0.29, 0.717) is 19.2 Å². The SMILES string of the molecule is CCN(CC)CCCC(C)NC(=NC)NCCOc1cccnc1. The number of aliphatic imine (C=N–C) groups is 1. The second kappa shape index (κ2) is 12.6. The second-order valence-electron chi connectivity index (χ2n) is 5.75. The van der Waals surface area contributed by atoms with Crippen LogP contribution in [-0.4, -0.2) is 61.7 Å². The number of aromatic nitrogens is 1. The van der Waals surface area contributed by atoms with Crippen molar-refractivity contribution >= 4 is 5.96 Å². The molecule has 1 aromatic heterocycles. The highest BCUT2D eigenvalue weighted by Crippen LogP contribution is 2.05. The smallest absolute Gasteiger partial charge is 0.191 e. The van der Waals surface area contributed by atoms with Crippen LogP contribution in [0.25, 0.3) is 0 Å². The van der Waals surface area contributed by atoms with Crippen LogP contribution in [0.3, 0.4) is 0 Å². The van der Waals surface area contributed by atoms with Crippen molar-refractivity contribution in [2.75, 3.05) is 39.8 Å². The van der Waals surface area contributed by atoms with Gasteiger partial charge in [0.05, 0.1) is 12.7 Å². The summed E-state index contributed by atoms with van der Waals surface area (Å²) in [6.45, 7) is 11.3. The maximum absolute atomic E-state index is 5.61. The van der Waals surface area contributed by atoms with Gasteiger partial charge in [-0.25, -0.2) is 0 Å². The van der Waals surface area contributed by atoms with Crippen molar-refractivity contribution in [3.8, 4) is 5.75 Å². The molecule has 1 rings (SSSR count). The summed E-state index contributed by atoms with van der Waals surface area (Å²) < 4.78 is 5.61. The molecule has 0 spiro atoms. The fraction of sp³-hybridized carbons (Fsp3) is 0.667. The van der Waals surface area contributed by atoms with Crippen LogP contribution in [-0.2, 0) is 0 Å². The van der Waals surface area contributed by atoms with Gasteiger partial charge in [-0.1, -0.05) is 13.8 Å². The normalized spacial score (nSPS) is 13.0. The molecular weight excluding hydrogens is 302 g/mol. The van der Waals surface area contributed by atoms with Crippen molar-refractivity contribution in [2.45, 2.75) is 39.7 Å². The molecule has 0 saturated heterocycles. The highest BCUT2D eigenvalue weighted by Gasteiger charge is 2.06. The first-order valence-corrected chi connectivity index (χ1v) is 8.91. The molecule has 0 bridgehead atoms. The molecule has 1 aromatic rings. The molecule has 0 radical (unpaired) electrons. The highest BCUT2D eigenvalue weighted by atomic mass is 16.5. The molecular formula is C18H33N5O. The molecule has 136 valence electrons. The molecule has 1 heterocycles. The topological polar surface area (TPSA) is 61.8 Å². The average molecular weight is 335 g/mol. The minimum atomic E-state index is 0.394. The summed E-state index contributed by atoms with van der Waals surface area (Å²) in [5, 5.41) is 6.70. The number of ether oxygens (including phenoxy) is 1. The summed E-state index contributed by atoms with van der Waals surface area (Å²) in [6, 6.07) is 4.16. The van der Waals surface area contributed by atoms with Gasteiger partial charge in [-0.3, -0.25) is 9.98 Å². The van der Waals surface area contributed by atoms with Crippen LogP contribution in [0.4, 0.5) is 0 Å². The number of rotatable bonds is 11. The molecule has 2 N–H and O–H groups in total. The van der Waals surface area contributed by atoms with Crippen molar-refractivity contribution in [3.05, 3.63) is 24.5 Å². The lowest BCUT2D eigenvalue weighted by atomic mass is 10.2. The van der Waals surface area contributed by atoms with Gasteiger partial charge in [0.25, 0.3) is 0 Å². The third-order valence-corrected chi connectivity index (χ3v) is 3.91. The maximum Gasteiger partial charge on any atom is 0.191 e. The van der Waals surface area contributed by atoms with Crippen LogP contribution in [0.15, 0.2) is 29.5 Å². The third-order valence-electron chi connectivity index (χ3n) is 3.91. The summed E-state index contributed by atoms with van der Waals surface area (Å²) in [5.41, 5.74) is 0.